The van der Waals surface area contributed by atoms with Gasteiger partial charge in [-0.1, -0.05) is 60.1 Å². The Morgan fingerprint density at radius 3 is 2.53 bits per heavy atom. The SMILES string of the molecule is N#Cc1ccc(Cl)cc1NC(=O)COC(=O)c1cc(-c2ccccc2)nc2ccccc12. The fourth-order valence-corrected chi connectivity index (χ4v) is 3.39. The van der Waals surface area contributed by atoms with Crippen LogP contribution in [-0.2, 0) is 9.53 Å². The van der Waals surface area contributed by atoms with Crippen molar-refractivity contribution in [3.05, 3.63) is 95.0 Å². The van der Waals surface area contributed by atoms with Crippen molar-refractivity contribution in [3.63, 3.8) is 0 Å². The number of para-hydroxylation sites is 1. The molecule has 32 heavy (non-hydrogen) atoms. The van der Waals surface area contributed by atoms with Gasteiger partial charge in [-0.3, -0.25) is 4.79 Å². The lowest BCUT2D eigenvalue weighted by molar-refractivity contribution is -0.119. The van der Waals surface area contributed by atoms with Gasteiger partial charge in [-0.05, 0) is 30.3 Å². The van der Waals surface area contributed by atoms with E-state index in [-0.39, 0.29) is 11.3 Å². The van der Waals surface area contributed by atoms with Crippen molar-refractivity contribution in [2.24, 2.45) is 0 Å². The number of halogens is 1. The molecule has 1 heterocycles. The van der Waals surface area contributed by atoms with Gasteiger partial charge in [-0.2, -0.15) is 5.26 Å². The number of hydrogen-bond acceptors (Lipinski definition) is 5. The molecule has 1 N–H and O–H groups in total. The molecule has 4 rings (SSSR count). The van der Waals surface area contributed by atoms with E-state index in [1.165, 1.54) is 12.1 Å². The molecule has 7 heteroatoms. The molecule has 0 saturated carbocycles. The number of amides is 1. The minimum Gasteiger partial charge on any atom is -0.452 e. The Morgan fingerprint density at radius 2 is 1.75 bits per heavy atom. The van der Waals surface area contributed by atoms with Crippen molar-refractivity contribution in [1.29, 1.82) is 5.26 Å². The first-order valence-corrected chi connectivity index (χ1v) is 10.0. The van der Waals surface area contributed by atoms with Crippen LogP contribution >= 0.6 is 11.6 Å². The first-order chi connectivity index (χ1) is 15.5. The van der Waals surface area contributed by atoms with Crippen LogP contribution in [0.3, 0.4) is 0 Å². The molecule has 4 aromatic rings. The normalized spacial score (nSPS) is 10.4. The Hall–Kier alpha value is -4.21. The molecule has 1 aromatic heterocycles. The lowest BCUT2D eigenvalue weighted by Gasteiger charge is -2.11. The maximum Gasteiger partial charge on any atom is 0.339 e. The van der Waals surface area contributed by atoms with Gasteiger partial charge in [0.15, 0.2) is 6.61 Å². The quantitative estimate of drug-likeness (QED) is 0.428. The Kier molecular flexibility index (Phi) is 6.11. The fourth-order valence-electron chi connectivity index (χ4n) is 3.21. The zero-order chi connectivity index (χ0) is 22.5. The molecule has 6 nitrogen and oxygen atoms in total. The Labute approximate surface area is 189 Å². The van der Waals surface area contributed by atoms with Gasteiger partial charge < -0.3 is 10.1 Å². The molecule has 0 saturated heterocycles. The van der Waals surface area contributed by atoms with E-state index in [0.717, 1.165) is 5.56 Å². The summed E-state index contributed by atoms with van der Waals surface area (Å²) in [5.41, 5.74) is 2.93. The molecular weight excluding hydrogens is 426 g/mol. The first-order valence-electron chi connectivity index (χ1n) is 9.67. The van der Waals surface area contributed by atoms with Crippen LogP contribution in [0.5, 0.6) is 0 Å². The number of anilines is 1. The van der Waals surface area contributed by atoms with Crippen LogP contribution in [0.1, 0.15) is 15.9 Å². The monoisotopic (exact) mass is 441 g/mol. The maximum atomic E-state index is 12.9. The van der Waals surface area contributed by atoms with E-state index in [0.29, 0.717) is 27.2 Å². The zero-order valence-corrected chi connectivity index (χ0v) is 17.5. The van der Waals surface area contributed by atoms with Gasteiger partial charge in [0.25, 0.3) is 5.91 Å². The molecule has 0 radical (unpaired) electrons. The zero-order valence-electron chi connectivity index (χ0n) is 16.7. The predicted molar refractivity (Wildman–Crippen MR) is 122 cm³/mol. The third-order valence-electron chi connectivity index (χ3n) is 4.72. The molecule has 1 amide bonds. The molecule has 0 aliphatic heterocycles. The van der Waals surface area contributed by atoms with Crippen LogP contribution in [0.2, 0.25) is 5.02 Å². The van der Waals surface area contributed by atoms with Crippen LogP contribution in [0.25, 0.3) is 22.2 Å². The highest BCUT2D eigenvalue weighted by molar-refractivity contribution is 6.31. The van der Waals surface area contributed by atoms with Crippen molar-refractivity contribution in [2.75, 3.05) is 11.9 Å². The van der Waals surface area contributed by atoms with E-state index in [1.807, 2.05) is 48.5 Å². The van der Waals surface area contributed by atoms with Crippen LogP contribution in [0.15, 0.2) is 78.9 Å². The summed E-state index contributed by atoms with van der Waals surface area (Å²) in [6, 6.07) is 24.8. The van der Waals surface area contributed by atoms with E-state index in [9.17, 15) is 14.9 Å². The van der Waals surface area contributed by atoms with Gasteiger partial charge >= 0.3 is 5.97 Å². The third-order valence-corrected chi connectivity index (χ3v) is 4.95. The maximum absolute atomic E-state index is 12.9. The first kappa shape index (κ1) is 21.0. The highest BCUT2D eigenvalue weighted by atomic mass is 35.5. The second-order valence-electron chi connectivity index (χ2n) is 6.86. The third kappa shape index (κ3) is 4.59. The van der Waals surface area contributed by atoms with Gasteiger partial charge in [0.2, 0.25) is 0 Å². The van der Waals surface area contributed by atoms with E-state index in [2.05, 4.69) is 10.3 Å². The average molecular weight is 442 g/mol. The summed E-state index contributed by atoms with van der Waals surface area (Å²) in [5, 5.41) is 12.7. The van der Waals surface area contributed by atoms with Gasteiger partial charge in [0, 0.05) is 16.0 Å². The molecule has 0 spiro atoms. The number of benzene rings is 3. The number of ether oxygens (including phenoxy) is 1. The number of carbonyl (C=O) groups is 2. The molecular formula is C25H16ClN3O3. The number of nitrogens with one attached hydrogen (secondary N) is 1. The number of nitriles is 1. The largest absolute Gasteiger partial charge is 0.452 e. The van der Waals surface area contributed by atoms with E-state index in [1.54, 1.807) is 24.3 Å². The molecule has 0 unspecified atom stereocenters. The molecule has 0 atom stereocenters. The lowest BCUT2D eigenvalue weighted by Crippen LogP contribution is -2.21. The smallest absolute Gasteiger partial charge is 0.339 e. The number of rotatable bonds is 5. The molecule has 0 aliphatic rings. The number of nitrogens with zero attached hydrogens (tertiary/aromatic N) is 2. The Morgan fingerprint density at radius 1 is 1.00 bits per heavy atom. The number of aromatic nitrogens is 1. The molecule has 0 bridgehead atoms. The summed E-state index contributed by atoms with van der Waals surface area (Å²) >= 11 is 5.93. The lowest BCUT2D eigenvalue weighted by atomic mass is 10.0. The van der Waals surface area contributed by atoms with Crippen LogP contribution in [0.4, 0.5) is 5.69 Å². The summed E-state index contributed by atoms with van der Waals surface area (Å²) in [4.78, 5) is 29.8. The highest BCUT2D eigenvalue weighted by Crippen LogP contribution is 2.25. The molecule has 0 fully saturated rings. The van der Waals surface area contributed by atoms with Crippen molar-refractivity contribution in [2.45, 2.75) is 0 Å². The number of pyridine rings is 1. The van der Waals surface area contributed by atoms with Gasteiger partial charge in [0.05, 0.1) is 28.0 Å². The summed E-state index contributed by atoms with van der Waals surface area (Å²) in [6.45, 7) is -0.520. The second-order valence-corrected chi connectivity index (χ2v) is 7.30. The summed E-state index contributed by atoms with van der Waals surface area (Å²) in [6.07, 6.45) is 0. The van der Waals surface area contributed by atoms with Crippen LogP contribution in [0, 0.1) is 11.3 Å². The Bertz CT molecular complexity index is 1360. The molecule has 3 aromatic carbocycles. The van der Waals surface area contributed by atoms with Crippen molar-refractivity contribution >= 4 is 40.1 Å². The van der Waals surface area contributed by atoms with E-state index >= 15 is 0 Å². The van der Waals surface area contributed by atoms with Crippen LogP contribution < -0.4 is 5.32 Å². The van der Waals surface area contributed by atoms with Gasteiger partial charge in [-0.15, -0.1) is 0 Å². The summed E-state index contributed by atoms with van der Waals surface area (Å²) in [7, 11) is 0. The van der Waals surface area contributed by atoms with Crippen LogP contribution in [-0.4, -0.2) is 23.5 Å². The molecule has 156 valence electrons. The highest BCUT2D eigenvalue weighted by Gasteiger charge is 2.17. The standard InChI is InChI=1S/C25H16ClN3O3/c26-18-11-10-17(14-27)22(12-18)29-24(30)15-32-25(31)20-13-23(16-6-2-1-3-7-16)28-21-9-5-4-8-19(20)21/h1-13H,15H2,(H,29,30). The van der Waals surface area contributed by atoms with E-state index < -0.39 is 18.5 Å². The van der Waals surface area contributed by atoms with Crippen molar-refractivity contribution < 1.29 is 14.3 Å². The average Bonchev–Trinajstić information content (AvgIpc) is 2.82. The summed E-state index contributed by atoms with van der Waals surface area (Å²) in [5.74, 6) is -1.23. The number of fused-ring (bicyclic) bond motifs is 1. The number of carbonyl (C=O) groups excluding carboxylic acids is 2. The van der Waals surface area contributed by atoms with E-state index in [4.69, 9.17) is 16.3 Å². The number of hydrogen-bond donors (Lipinski definition) is 1. The minimum absolute atomic E-state index is 0.252. The number of esters is 1. The predicted octanol–water partition coefficient (Wildman–Crippen LogP) is 5.22. The topological polar surface area (TPSA) is 92.1 Å². The van der Waals surface area contributed by atoms with Gasteiger partial charge in [-0.25, -0.2) is 9.78 Å². The Balaban J connectivity index is 1.56. The molecule has 0 aliphatic carbocycles. The fraction of sp³-hybridized carbons (Fsp3) is 0.0400. The minimum atomic E-state index is -0.650. The summed E-state index contributed by atoms with van der Waals surface area (Å²) < 4.78 is 5.27. The van der Waals surface area contributed by atoms with Crippen molar-refractivity contribution in [1.82, 2.24) is 4.98 Å². The second kappa shape index (κ2) is 9.29. The van der Waals surface area contributed by atoms with Gasteiger partial charge in [0.1, 0.15) is 6.07 Å². The van der Waals surface area contributed by atoms with Crippen molar-refractivity contribution in [3.8, 4) is 17.3 Å².